The van der Waals surface area contributed by atoms with Crippen LogP contribution in [-0.2, 0) is 0 Å². The van der Waals surface area contributed by atoms with Gasteiger partial charge in [0.15, 0.2) is 5.82 Å². The lowest BCUT2D eigenvalue weighted by atomic mass is 9.95. The third-order valence-corrected chi connectivity index (χ3v) is 10.6. The summed E-state index contributed by atoms with van der Waals surface area (Å²) >= 11 is 0. The summed E-state index contributed by atoms with van der Waals surface area (Å²) in [6.45, 7) is 7.05. The smallest absolute Gasteiger partial charge is 0.319 e. The van der Waals surface area contributed by atoms with Crippen molar-refractivity contribution in [2.45, 2.75) is 69.7 Å². The summed E-state index contributed by atoms with van der Waals surface area (Å²) in [5.74, 6) is 2.91. The molecule has 2 saturated carbocycles. The van der Waals surface area contributed by atoms with Crippen molar-refractivity contribution in [3.8, 4) is 17.3 Å². The molecule has 6 nitrogen and oxygen atoms in total. The Kier molecular flexibility index (Phi) is 5.62. The Hall–Kier alpha value is -2.80. The minimum atomic E-state index is -0.358. The minimum absolute atomic E-state index is 0.0879. The molecule has 7 heteroatoms. The molecule has 3 aromatic rings. The molecule has 8 rings (SSSR count). The molecule has 0 spiro atoms. The lowest BCUT2D eigenvalue weighted by molar-refractivity contribution is 0.108. The topological polar surface area (TPSA) is 54.4 Å². The molecule has 2 aliphatic carbocycles. The highest BCUT2D eigenvalue weighted by atomic mass is 19.1. The fraction of sp³-hybridized carbons (Fsp3) is 0.594. The van der Waals surface area contributed by atoms with Gasteiger partial charge in [-0.15, -0.1) is 0 Å². The van der Waals surface area contributed by atoms with Gasteiger partial charge in [0.05, 0.1) is 10.9 Å². The molecule has 39 heavy (non-hydrogen) atoms. The summed E-state index contributed by atoms with van der Waals surface area (Å²) < 4.78 is 22.9. The zero-order valence-corrected chi connectivity index (χ0v) is 22.9. The molecule has 2 bridgehead atoms. The normalized spacial score (nSPS) is 29.2. The fourth-order valence-corrected chi connectivity index (χ4v) is 8.35. The van der Waals surface area contributed by atoms with Gasteiger partial charge in [0.25, 0.3) is 0 Å². The molecule has 0 N–H and O–H groups in total. The van der Waals surface area contributed by atoms with E-state index < -0.39 is 0 Å². The van der Waals surface area contributed by atoms with Gasteiger partial charge in [0, 0.05) is 24.8 Å². The summed E-state index contributed by atoms with van der Waals surface area (Å²) in [7, 11) is 0. The maximum absolute atomic E-state index is 16.5. The SMILES string of the molecule is C[C@@H]1C[C@H]1c1ccccc1-c1ncc2c(N3CC4CCC(C4)C3)nc(OCC34CCCN3CCC4)nc2c1F. The van der Waals surface area contributed by atoms with Crippen LogP contribution in [0.25, 0.3) is 22.2 Å². The monoisotopic (exact) mass is 527 g/mol. The van der Waals surface area contributed by atoms with Crippen molar-refractivity contribution in [1.29, 1.82) is 0 Å². The Labute approximate surface area is 230 Å². The molecule has 2 unspecified atom stereocenters. The summed E-state index contributed by atoms with van der Waals surface area (Å²) in [5.41, 5.74) is 2.89. The number of pyridine rings is 1. The van der Waals surface area contributed by atoms with E-state index in [2.05, 4.69) is 28.9 Å². The van der Waals surface area contributed by atoms with Crippen molar-refractivity contribution in [2.75, 3.05) is 37.7 Å². The lowest BCUT2D eigenvalue weighted by Crippen LogP contribution is -2.43. The first-order valence-corrected chi connectivity index (χ1v) is 15.2. The number of aromatic nitrogens is 3. The highest BCUT2D eigenvalue weighted by molar-refractivity contribution is 5.92. The van der Waals surface area contributed by atoms with Crippen LogP contribution in [0.4, 0.5) is 10.2 Å². The molecule has 1 aromatic carbocycles. The summed E-state index contributed by atoms with van der Waals surface area (Å²) in [6.07, 6.45) is 11.5. The van der Waals surface area contributed by atoms with E-state index in [-0.39, 0.29) is 11.4 Å². The zero-order valence-electron chi connectivity index (χ0n) is 22.9. The van der Waals surface area contributed by atoms with E-state index in [1.54, 1.807) is 0 Å². The number of rotatable bonds is 6. The van der Waals surface area contributed by atoms with Crippen LogP contribution in [0.1, 0.15) is 69.8 Å². The standard InChI is InChI=1S/C32H38FN5O/c1-20-14-25(20)23-6-2-3-7-24(23)28-27(33)29-26(16-34-28)30(37-17-21-8-9-22(15-21)18-37)36-31(35-29)39-19-32-10-4-12-38(32)13-5-11-32/h2-3,6-7,16,20-22,25H,4-5,8-15,17-19H2,1H3/t20-,21?,22?,25-/m1/s1. The van der Waals surface area contributed by atoms with E-state index in [1.165, 1.54) is 37.7 Å². The van der Waals surface area contributed by atoms with Crippen LogP contribution in [0.15, 0.2) is 30.5 Å². The van der Waals surface area contributed by atoms with E-state index in [0.717, 1.165) is 56.8 Å². The third-order valence-electron chi connectivity index (χ3n) is 10.6. The first kappa shape index (κ1) is 24.0. The van der Waals surface area contributed by atoms with E-state index in [9.17, 15) is 0 Å². The Balaban J connectivity index is 1.22. The maximum Gasteiger partial charge on any atom is 0.319 e. The lowest BCUT2D eigenvalue weighted by Gasteiger charge is -2.34. The zero-order chi connectivity index (χ0) is 26.1. The van der Waals surface area contributed by atoms with E-state index in [0.29, 0.717) is 52.9 Å². The van der Waals surface area contributed by atoms with Crippen LogP contribution < -0.4 is 9.64 Å². The van der Waals surface area contributed by atoms with Crippen LogP contribution >= 0.6 is 0 Å². The van der Waals surface area contributed by atoms with Gasteiger partial charge in [-0.05, 0) is 93.7 Å². The molecule has 0 radical (unpaired) electrons. The first-order valence-electron chi connectivity index (χ1n) is 15.2. The Bertz CT molecular complexity index is 1410. The van der Waals surface area contributed by atoms with Gasteiger partial charge in [-0.2, -0.15) is 9.97 Å². The Morgan fingerprint density at radius 2 is 1.77 bits per heavy atom. The quantitative estimate of drug-likeness (QED) is 0.381. The van der Waals surface area contributed by atoms with Crippen LogP contribution in [0.3, 0.4) is 0 Å². The van der Waals surface area contributed by atoms with E-state index in [4.69, 9.17) is 19.7 Å². The number of hydrogen-bond acceptors (Lipinski definition) is 6. The average molecular weight is 528 g/mol. The number of halogens is 1. The summed E-state index contributed by atoms with van der Waals surface area (Å²) in [5, 5.41) is 0.698. The number of benzene rings is 1. The molecule has 5 aliphatic rings. The molecule has 2 aromatic heterocycles. The predicted octanol–water partition coefficient (Wildman–Crippen LogP) is 6.20. The summed E-state index contributed by atoms with van der Waals surface area (Å²) in [6, 6.07) is 8.48. The van der Waals surface area contributed by atoms with E-state index >= 15 is 4.39 Å². The third kappa shape index (κ3) is 4.02. The number of ether oxygens (including phenoxy) is 1. The number of fused-ring (bicyclic) bond motifs is 4. The highest BCUT2D eigenvalue weighted by Crippen LogP contribution is 2.50. The molecule has 4 atom stereocenters. The second kappa shape index (κ2) is 9.12. The van der Waals surface area contributed by atoms with Crippen LogP contribution in [0.5, 0.6) is 6.01 Å². The largest absolute Gasteiger partial charge is 0.461 e. The van der Waals surface area contributed by atoms with Crippen molar-refractivity contribution in [1.82, 2.24) is 19.9 Å². The Morgan fingerprint density at radius 1 is 1.03 bits per heavy atom. The van der Waals surface area contributed by atoms with Gasteiger partial charge in [-0.3, -0.25) is 9.88 Å². The van der Waals surface area contributed by atoms with Crippen molar-refractivity contribution in [2.24, 2.45) is 17.8 Å². The van der Waals surface area contributed by atoms with Gasteiger partial charge in [-0.25, -0.2) is 4.39 Å². The number of nitrogens with zero attached hydrogens (tertiary/aromatic N) is 5. The number of piperidine rings is 1. The summed E-state index contributed by atoms with van der Waals surface area (Å²) in [4.78, 5) is 19.4. The van der Waals surface area contributed by atoms with Crippen LogP contribution in [0.2, 0.25) is 0 Å². The Morgan fingerprint density at radius 3 is 2.51 bits per heavy atom. The molecular formula is C32H38FN5O. The first-order chi connectivity index (χ1) is 19.1. The van der Waals surface area contributed by atoms with Crippen molar-refractivity contribution in [3.63, 3.8) is 0 Å². The molecule has 204 valence electrons. The number of anilines is 1. The second-order valence-electron chi connectivity index (χ2n) is 13.1. The fourth-order valence-electron chi connectivity index (χ4n) is 8.35. The number of hydrogen-bond donors (Lipinski definition) is 0. The van der Waals surface area contributed by atoms with Gasteiger partial charge in [0.2, 0.25) is 0 Å². The predicted molar refractivity (Wildman–Crippen MR) is 151 cm³/mol. The van der Waals surface area contributed by atoms with Gasteiger partial charge in [0.1, 0.15) is 23.6 Å². The molecule has 3 saturated heterocycles. The maximum atomic E-state index is 16.5. The molecular weight excluding hydrogens is 489 g/mol. The van der Waals surface area contributed by atoms with Gasteiger partial charge >= 0.3 is 6.01 Å². The molecule has 0 amide bonds. The second-order valence-corrected chi connectivity index (χ2v) is 13.1. The van der Waals surface area contributed by atoms with Crippen molar-refractivity contribution < 1.29 is 9.13 Å². The van der Waals surface area contributed by atoms with Crippen LogP contribution in [-0.4, -0.2) is 58.2 Å². The average Bonchev–Trinajstić information content (AvgIpc) is 3.22. The van der Waals surface area contributed by atoms with E-state index in [1.807, 2.05) is 18.3 Å². The molecule has 3 aliphatic heterocycles. The van der Waals surface area contributed by atoms with Gasteiger partial charge in [-0.1, -0.05) is 31.2 Å². The van der Waals surface area contributed by atoms with Gasteiger partial charge < -0.3 is 9.64 Å². The van der Waals surface area contributed by atoms with Crippen molar-refractivity contribution >= 4 is 16.7 Å². The van der Waals surface area contributed by atoms with Crippen LogP contribution in [0, 0.1) is 23.6 Å². The molecule has 5 heterocycles. The minimum Gasteiger partial charge on any atom is -0.461 e. The molecule has 5 fully saturated rings. The van der Waals surface area contributed by atoms with Crippen molar-refractivity contribution in [3.05, 3.63) is 41.8 Å². The highest BCUT2D eigenvalue weighted by Gasteiger charge is 2.45.